The molecule has 0 aromatic heterocycles. The normalized spacial score (nSPS) is 21.3. The Morgan fingerprint density at radius 1 is 0.792 bits per heavy atom. The summed E-state index contributed by atoms with van der Waals surface area (Å²) in [5.41, 5.74) is -2.73. The smallest absolute Gasteiger partial charge is 0.342 e. The number of carbonyl (C=O) groups is 2. The summed E-state index contributed by atoms with van der Waals surface area (Å²) in [5, 5.41) is 0. The monoisotopic (exact) mass is 350 g/mol. The molecule has 1 aromatic carbocycles. The number of hydrogen-bond acceptors (Lipinski definition) is 6. The Bertz CT molecular complexity index is 640. The average molecular weight is 350 g/mol. The number of benzene rings is 1. The Labute approximate surface area is 132 Å². The highest BCUT2D eigenvalue weighted by Crippen LogP contribution is 2.26. The van der Waals surface area contributed by atoms with E-state index in [2.05, 4.69) is 9.47 Å². The van der Waals surface area contributed by atoms with Crippen molar-refractivity contribution in [3.8, 4) is 0 Å². The summed E-state index contributed by atoms with van der Waals surface area (Å²) < 4.78 is 73.4. The lowest BCUT2D eigenvalue weighted by Crippen LogP contribution is -2.22. The van der Waals surface area contributed by atoms with Gasteiger partial charge in [0.05, 0.1) is 13.2 Å². The maximum Gasteiger partial charge on any atom is 0.342 e. The van der Waals surface area contributed by atoms with Crippen molar-refractivity contribution in [3.63, 3.8) is 0 Å². The van der Waals surface area contributed by atoms with Gasteiger partial charge in [-0.25, -0.2) is 27.2 Å². The first-order chi connectivity index (χ1) is 11.4. The van der Waals surface area contributed by atoms with E-state index in [4.69, 9.17) is 9.47 Å². The molecule has 2 unspecified atom stereocenters. The molecule has 2 atom stereocenters. The summed E-state index contributed by atoms with van der Waals surface area (Å²) in [6, 6.07) is 0. The van der Waals surface area contributed by atoms with Crippen LogP contribution in [0.15, 0.2) is 0 Å². The highest BCUT2D eigenvalue weighted by atomic mass is 19.2. The van der Waals surface area contributed by atoms with Gasteiger partial charge >= 0.3 is 11.9 Å². The first-order valence-corrected chi connectivity index (χ1v) is 6.83. The van der Waals surface area contributed by atoms with Gasteiger partial charge in [0.15, 0.2) is 23.3 Å². The van der Waals surface area contributed by atoms with Crippen molar-refractivity contribution in [1.82, 2.24) is 0 Å². The molecule has 10 heteroatoms. The predicted octanol–water partition coefficient (Wildman–Crippen LogP) is 1.35. The van der Waals surface area contributed by atoms with Crippen molar-refractivity contribution in [2.24, 2.45) is 0 Å². The minimum atomic E-state index is -2.23. The van der Waals surface area contributed by atoms with E-state index in [-0.39, 0.29) is 13.2 Å². The SMILES string of the molecule is O=C(OCC1CO1)c1c(F)c(F)c(F)c(F)c1C(=O)OCC1CO1. The second-order valence-electron chi connectivity index (χ2n) is 5.11. The van der Waals surface area contributed by atoms with Crippen LogP contribution in [0.25, 0.3) is 0 Å². The number of ether oxygens (including phenoxy) is 4. The molecule has 0 N–H and O–H groups in total. The Morgan fingerprint density at radius 2 is 1.12 bits per heavy atom. The molecule has 0 amide bonds. The van der Waals surface area contributed by atoms with Gasteiger partial charge in [0, 0.05) is 0 Å². The molecular formula is C14H10F4O6. The van der Waals surface area contributed by atoms with Crippen molar-refractivity contribution < 1.29 is 46.1 Å². The highest BCUT2D eigenvalue weighted by molar-refractivity contribution is 6.03. The van der Waals surface area contributed by atoms with Gasteiger partial charge in [0.2, 0.25) is 0 Å². The number of esters is 2. The zero-order valence-corrected chi connectivity index (χ0v) is 11.9. The van der Waals surface area contributed by atoms with Crippen molar-refractivity contribution >= 4 is 11.9 Å². The average Bonchev–Trinajstić information content (AvgIpc) is 3.45. The number of halogens is 4. The first kappa shape index (κ1) is 16.7. The largest absolute Gasteiger partial charge is 0.459 e. The Morgan fingerprint density at radius 3 is 1.42 bits per heavy atom. The third-order valence-electron chi connectivity index (χ3n) is 3.28. The highest BCUT2D eigenvalue weighted by Gasteiger charge is 2.36. The summed E-state index contributed by atoms with van der Waals surface area (Å²) >= 11 is 0. The molecule has 0 aliphatic carbocycles. The van der Waals surface area contributed by atoms with Gasteiger partial charge in [-0.05, 0) is 0 Å². The number of epoxide rings is 2. The third kappa shape index (κ3) is 3.34. The van der Waals surface area contributed by atoms with Crippen LogP contribution < -0.4 is 0 Å². The van der Waals surface area contributed by atoms with Crippen molar-refractivity contribution in [1.29, 1.82) is 0 Å². The van der Waals surface area contributed by atoms with Crippen LogP contribution in [0.3, 0.4) is 0 Å². The maximum atomic E-state index is 13.9. The van der Waals surface area contributed by atoms with E-state index in [1.165, 1.54) is 0 Å². The molecule has 0 radical (unpaired) electrons. The lowest BCUT2D eigenvalue weighted by Gasteiger charge is -2.12. The zero-order valence-electron chi connectivity index (χ0n) is 11.9. The fourth-order valence-corrected chi connectivity index (χ4v) is 1.83. The molecule has 0 spiro atoms. The fraction of sp³-hybridized carbons (Fsp3) is 0.429. The Kier molecular flexibility index (Phi) is 4.41. The van der Waals surface area contributed by atoms with Crippen LogP contribution in [0.1, 0.15) is 20.7 Å². The summed E-state index contributed by atoms with van der Waals surface area (Å²) in [7, 11) is 0. The van der Waals surface area contributed by atoms with E-state index in [1.54, 1.807) is 0 Å². The van der Waals surface area contributed by atoms with Crippen LogP contribution in [0.4, 0.5) is 17.6 Å². The quantitative estimate of drug-likeness (QED) is 0.253. The van der Waals surface area contributed by atoms with E-state index in [9.17, 15) is 27.2 Å². The molecule has 3 rings (SSSR count). The molecule has 0 bridgehead atoms. The standard InChI is InChI=1S/C14H10F4O6/c15-9-7(13(19)23-3-5-1-21-5)8(10(16)12(18)11(9)17)14(20)24-4-6-2-22-6/h5-6H,1-4H2. The molecule has 6 nitrogen and oxygen atoms in total. The summed E-state index contributed by atoms with van der Waals surface area (Å²) in [6.07, 6.45) is -0.816. The second kappa shape index (κ2) is 6.36. The van der Waals surface area contributed by atoms with Crippen LogP contribution in [-0.2, 0) is 18.9 Å². The van der Waals surface area contributed by atoms with E-state index >= 15 is 0 Å². The van der Waals surface area contributed by atoms with Gasteiger partial charge < -0.3 is 18.9 Å². The summed E-state index contributed by atoms with van der Waals surface area (Å²) in [4.78, 5) is 23.8. The Hall–Kier alpha value is -2.20. The van der Waals surface area contributed by atoms with E-state index < -0.39 is 58.5 Å². The van der Waals surface area contributed by atoms with Gasteiger partial charge in [-0.1, -0.05) is 0 Å². The van der Waals surface area contributed by atoms with Gasteiger partial charge in [0.1, 0.15) is 36.5 Å². The maximum absolute atomic E-state index is 13.9. The molecule has 2 fully saturated rings. The fourth-order valence-electron chi connectivity index (χ4n) is 1.83. The van der Waals surface area contributed by atoms with Gasteiger partial charge in [-0.2, -0.15) is 0 Å². The van der Waals surface area contributed by atoms with Gasteiger partial charge in [-0.15, -0.1) is 0 Å². The number of rotatable bonds is 6. The predicted molar refractivity (Wildman–Crippen MR) is 66.3 cm³/mol. The zero-order chi connectivity index (χ0) is 17.4. The number of carbonyl (C=O) groups excluding carboxylic acids is 2. The minimum absolute atomic E-state index is 0.302. The van der Waals surface area contributed by atoms with Crippen LogP contribution >= 0.6 is 0 Å². The van der Waals surface area contributed by atoms with Crippen LogP contribution in [-0.4, -0.2) is 50.6 Å². The van der Waals surface area contributed by atoms with Crippen molar-refractivity contribution in [2.45, 2.75) is 12.2 Å². The lowest BCUT2D eigenvalue weighted by molar-refractivity contribution is 0.0418. The second-order valence-corrected chi connectivity index (χ2v) is 5.11. The van der Waals surface area contributed by atoms with E-state index in [1.807, 2.05) is 0 Å². The van der Waals surface area contributed by atoms with Crippen molar-refractivity contribution in [3.05, 3.63) is 34.4 Å². The Balaban J connectivity index is 1.92. The molecule has 0 saturated carbocycles. The topological polar surface area (TPSA) is 77.7 Å². The number of hydrogen-bond donors (Lipinski definition) is 0. The molecule has 2 saturated heterocycles. The van der Waals surface area contributed by atoms with Crippen LogP contribution in [0.2, 0.25) is 0 Å². The summed E-state index contributed by atoms with van der Waals surface area (Å²) in [5.74, 6) is -11.6. The molecular weight excluding hydrogens is 340 g/mol. The van der Waals surface area contributed by atoms with E-state index in [0.717, 1.165) is 0 Å². The molecule has 2 aliphatic rings. The van der Waals surface area contributed by atoms with E-state index in [0.29, 0.717) is 13.2 Å². The van der Waals surface area contributed by atoms with Crippen LogP contribution in [0, 0.1) is 23.3 Å². The van der Waals surface area contributed by atoms with Gasteiger partial charge in [0.25, 0.3) is 0 Å². The molecule has 2 aliphatic heterocycles. The third-order valence-corrected chi connectivity index (χ3v) is 3.28. The molecule has 130 valence electrons. The van der Waals surface area contributed by atoms with Crippen molar-refractivity contribution in [2.75, 3.05) is 26.4 Å². The van der Waals surface area contributed by atoms with Crippen LogP contribution in [0.5, 0.6) is 0 Å². The first-order valence-electron chi connectivity index (χ1n) is 6.83. The lowest BCUT2D eigenvalue weighted by atomic mass is 10.0. The van der Waals surface area contributed by atoms with Gasteiger partial charge in [-0.3, -0.25) is 0 Å². The minimum Gasteiger partial charge on any atom is -0.459 e. The molecule has 24 heavy (non-hydrogen) atoms. The molecule has 1 aromatic rings. The molecule has 2 heterocycles. The summed E-state index contributed by atoms with van der Waals surface area (Å²) in [6.45, 7) is 0.00293.